The molecule has 1 aliphatic heterocycles. The maximum Gasteiger partial charge on any atom is 0.250 e. The molecule has 19 heavy (non-hydrogen) atoms. The standard InChI is InChI=1S/C12H16F2N4O/c1-17-10-8(15)4-7(12(16)19)11(9(10)14)18-3-2-6(13)5-18/h4,6,17H,2-3,5,15H2,1H3,(H2,16,19). The Balaban J connectivity index is 2.58. The number of primary amides is 1. The molecule has 2 rings (SSSR count). The van der Waals surface area contributed by atoms with E-state index in [2.05, 4.69) is 5.32 Å². The Morgan fingerprint density at radius 1 is 1.58 bits per heavy atom. The van der Waals surface area contributed by atoms with E-state index in [1.807, 2.05) is 0 Å². The molecule has 1 aliphatic rings. The summed E-state index contributed by atoms with van der Waals surface area (Å²) in [5, 5.41) is 2.63. The summed E-state index contributed by atoms with van der Waals surface area (Å²) in [4.78, 5) is 12.9. The number of nitrogens with one attached hydrogen (secondary N) is 1. The summed E-state index contributed by atoms with van der Waals surface area (Å²) < 4.78 is 27.7. The minimum Gasteiger partial charge on any atom is -0.397 e. The summed E-state index contributed by atoms with van der Waals surface area (Å²) in [5.74, 6) is -1.46. The van der Waals surface area contributed by atoms with Gasteiger partial charge in [0, 0.05) is 20.1 Å². The molecule has 0 aromatic heterocycles. The number of carbonyl (C=O) groups excluding carboxylic acids is 1. The van der Waals surface area contributed by atoms with Crippen molar-refractivity contribution in [3.63, 3.8) is 0 Å². The lowest BCUT2D eigenvalue weighted by molar-refractivity contribution is 0.100. The number of amides is 1. The van der Waals surface area contributed by atoms with Crippen molar-refractivity contribution in [3.8, 4) is 0 Å². The molecular weight excluding hydrogens is 254 g/mol. The van der Waals surface area contributed by atoms with Gasteiger partial charge in [0.25, 0.3) is 5.91 Å². The molecule has 0 spiro atoms. The molecule has 1 aromatic carbocycles. The van der Waals surface area contributed by atoms with Gasteiger partial charge in [0.2, 0.25) is 0 Å². The van der Waals surface area contributed by atoms with E-state index in [0.29, 0.717) is 13.0 Å². The van der Waals surface area contributed by atoms with Crippen LogP contribution in [0, 0.1) is 5.82 Å². The molecular formula is C12H16F2N4O. The van der Waals surface area contributed by atoms with Crippen molar-refractivity contribution in [2.24, 2.45) is 5.73 Å². The van der Waals surface area contributed by atoms with Crippen LogP contribution in [0.4, 0.5) is 25.8 Å². The number of benzene rings is 1. The van der Waals surface area contributed by atoms with Crippen LogP contribution >= 0.6 is 0 Å². The number of hydrogen-bond acceptors (Lipinski definition) is 4. The van der Waals surface area contributed by atoms with Crippen LogP contribution in [-0.4, -0.2) is 32.2 Å². The lowest BCUT2D eigenvalue weighted by Crippen LogP contribution is -2.26. The fourth-order valence-electron chi connectivity index (χ4n) is 2.33. The van der Waals surface area contributed by atoms with E-state index in [1.165, 1.54) is 18.0 Å². The first-order chi connectivity index (χ1) is 8.95. The summed E-state index contributed by atoms with van der Waals surface area (Å²) in [6, 6.07) is 1.32. The highest BCUT2D eigenvalue weighted by atomic mass is 19.1. The summed E-state index contributed by atoms with van der Waals surface area (Å²) in [5.41, 5.74) is 11.1. The van der Waals surface area contributed by atoms with Gasteiger partial charge in [-0.15, -0.1) is 0 Å². The van der Waals surface area contributed by atoms with Gasteiger partial charge in [-0.2, -0.15) is 0 Å². The molecule has 104 valence electrons. The van der Waals surface area contributed by atoms with E-state index in [-0.39, 0.29) is 29.2 Å². The van der Waals surface area contributed by atoms with Crippen LogP contribution in [0.2, 0.25) is 0 Å². The number of halogens is 2. The molecule has 0 bridgehead atoms. The van der Waals surface area contributed by atoms with Crippen molar-refractivity contribution in [2.75, 3.05) is 36.1 Å². The number of nitrogens with zero attached hydrogens (tertiary/aromatic N) is 1. The Hall–Kier alpha value is -2.05. The molecule has 1 amide bonds. The molecule has 5 nitrogen and oxygen atoms in total. The van der Waals surface area contributed by atoms with Crippen molar-refractivity contribution in [2.45, 2.75) is 12.6 Å². The van der Waals surface area contributed by atoms with Gasteiger partial charge in [0.05, 0.1) is 22.6 Å². The van der Waals surface area contributed by atoms with Gasteiger partial charge in [-0.25, -0.2) is 8.78 Å². The Morgan fingerprint density at radius 3 is 2.74 bits per heavy atom. The van der Waals surface area contributed by atoms with E-state index in [9.17, 15) is 13.6 Å². The fraction of sp³-hybridized carbons (Fsp3) is 0.417. The third-order valence-electron chi connectivity index (χ3n) is 3.23. The molecule has 0 aliphatic carbocycles. The monoisotopic (exact) mass is 270 g/mol. The van der Waals surface area contributed by atoms with Crippen molar-refractivity contribution < 1.29 is 13.6 Å². The maximum atomic E-state index is 14.4. The number of nitrogens with two attached hydrogens (primary N) is 2. The average Bonchev–Trinajstić information content (AvgIpc) is 2.75. The fourth-order valence-corrected chi connectivity index (χ4v) is 2.33. The Kier molecular flexibility index (Phi) is 3.46. The smallest absolute Gasteiger partial charge is 0.250 e. The molecule has 1 saturated heterocycles. The second-order valence-electron chi connectivity index (χ2n) is 4.50. The van der Waals surface area contributed by atoms with Crippen molar-refractivity contribution in [1.82, 2.24) is 0 Å². The largest absolute Gasteiger partial charge is 0.397 e. The zero-order valence-corrected chi connectivity index (χ0v) is 10.5. The molecule has 1 fully saturated rings. The molecule has 0 saturated carbocycles. The lowest BCUT2D eigenvalue weighted by atomic mass is 10.1. The number of hydrogen-bond donors (Lipinski definition) is 3. The van der Waals surface area contributed by atoms with Crippen LogP contribution in [0.1, 0.15) is 16.8 Å². The second-order valence-corrected chi connectivity index (χ2v) is 4.50. The van der Waals surface area contributed by atoms with Gasteiger partial charge in [0.15, 0.2) is 5.82 Å². The maximum absolute atomic E-state index is 14.4. The zero-order valence-electron chi connectivity index (χ0n) is 10.5. The predicted molar refractivity (Wildman–Crippen MR) is 70.6 cm³/mol. The quantitative estimate of drug-likeness (QED) is 0.718. The first kappa shape index (κ1) is 13.4. The number of alkyl halides is 1. The number of rotatable bonds is 3. The first-order valence-corrected chi connectivity index (χ1v) is 5.94. The number of carbonyl (C=O) groups is 1. The molecule has 1 heterocycles. The van der Waals surface area contributed by atoms with Crippen molar-refractivity contribution >= 4 is 23.0 Å². The van der Waals surface area contributed by atoms with Crippen LogP contribution in [0.5, 0.6) is 0 Å². The summed E-state index contributed by atoms with van der Waals surface area (Å²) in [7, 11) is 1.52. The van der Waals surface area contributed by atoms with E-state index in [0.717, 1.165) is 0 Å². The topological polar surface area (TPSA) is 84.4 Å². The van der Waals surface area contributed by atoms with Crippen LogP contribution in [0.25, 0.3) is 0 Å². The van der Waals surface area contributed by atoms with Gasteiger partial charge in [-0.05, 0) is 12.5 Å². The summed E-state index contributed by atoms with van der Waals surface area (Å²) >= 11 is 0. The summed E-state index contributed by atoms with van der Waals surface area (Å²) in [6.07, 6.45) is -0.729. The normalized spacial score (nSPS) is 18.7. The van der Waals surface area contributed by atoms with Gasteiger partial charge in [-0.1, -0.05) is 0 Å². The molecule has 0 radical (unpaired) electrons. The zero-order chi connectivity index (χ0) is 14.2. The van der Waals surface area contributed by atoms with Gasteiger partial charge in [0.1, 0.15) is 6.17 Å². The lowest BCUT2D eigenvalue weighted by Gasteiger charge is -2.23. The average molecular weight is 270 g/mol. The molecule has 5 N–H and O–H groups in total. The number of nitrogen functional groups attached to an aromatic ring is 1. The Bertz CT molecular complexity index is 521. The van der Waals surface area contributed by atoms with Crippen molar-refractivity contribution in [3.05, 3.63) is 17.4 Å². The predicted octanol–water partition coefficient (Wildman–Crippen LogP) is 1.10. The van der Waals surface area contributed by atoms with Crippen LogP contribution in [-0.2, 0) is 0 Å². The molecule has 7 heteroatoms. The van der Waals surface area contributed by atoms with Crippen LogP contribution in [0.3, 0.4) is 0 Å². The highest BCUT2D eigenvalue weighted by Gasteiger charge is 2.29. The molecule has 1 unspecified atom stereocenters. The van der Waals surface area contributed by atoms with Gasteiger partial charge >= 0.3 is 0 Å². The summed E-state index contributed by atoms with van der Waals surface area (Å²) in [6.45, 7) is 0.385. The van der Waals surface area contributed by atoms with Crippen molar-refractivity contribution in [1.29, 1.82) is 0 Å². The highest BCUT2D eigenvalue weighted by molar-refractivity contribution is 6.01. The minimum atomic E-state index is -1.03. The molecule has 1 aromatic rings. The Labute approximate surface area is 109 Å². The van der Waals surface area contributed by atoms with E-state index >= 15 is 0 Å². The van der Waals surface area contributed by atoms with E-state index < -0.39 is 17.9 Å². The first-order valence-electron chi connectivity index (χ1n) is 5.94. The van der Waals surface area contributed by atoms with E-state index in [4.69, 9.17) is 11.5 Å². The van der Waals surface area contributed by atoms with Gasteiger partial charge < -0.3 is 21.7 Å². The third-order valence-corrected chi connectivity index (χ3v) is 3.23. The molecule has 1 atom stereocenters. The SMILES string of the molecule is CNc1c(N)cc(C(N)=O)c(N2CCC(F)C2)c1F. The highest BCUT2D eigenvalue weighted by Crippen LogP contribution is 2.36. The third kappa shape index (κ3) is 2.27. The van der Waals surface area contributed by atoms with Gasteiger partial charge in [-0.3, -0.25) is 4.79 Å². The minimum absolute atomic E-state index is 0.0196. The second kappa shape index (κ2) is 4.91. The van der Waals surface area contributed by atoms with Crippen LogP contribution in [0.15, 0.2) is 6.07 Å². The van der Waals surface area contributed by atoms with Crippen LogP contribution < -0.4 is 21.7 Å². The van der Waals surface area contributed by atoms with E-state index in [1.54, 1.807) is 0 Å². The Morgan fingerprint density at radius 2 is 2.26 bits per heavy atom. The number of anilines is 3.